The van der Waals surface area contributed by atoms with Crippen molar-refractivity contribution >= 4 is 6.16 Å². The molecule has 0 amide bonds. The summed E-state index contributed by atoms with van der Waals surface area (Å²) >= 11 is 0. The van der Waals surface area contributed by atoms with Gasteiger partial charge in [-0.05, 0) is 31.8 Å². The lowest BCUT2D eigenvalue weighted by atomic mass is 10.0. The van der Waals surface area contributed by atoms with E-state index in [4.69, 9.17) is 9.84 Å². The van der Waals surface area contributed by atoms with Crippen molar-refractivity contribution in [3.05, 3.63) is 12.7 Å². The van der Waals surface area contributed by atoms with Crippen molar-refractivity contribution in [3.63, 3.8) is 0 Å². The van der Waals surface area contributed by atoms with Crippen molar-refractivity contribution in [3.8, 4) is 0 Å². The lowest BCUT2D eigenvalue weighted by molar-refractivity contribution is 0.0146. The highest BCUT2D eigenvalue weighted by atomic mass is 16.7. The van der Waals surface area contributed by atoms with Gasteiger partial charge >= 0.3 is 6.16 Å². The summed E-state index contributed by atoms with van der Waals surface area (Å²) in [5.74, 6) is 0. The Kier molecular flexibility index (Phi) is 2.17. The van der Waals surface area contributed by atoms with E-state index >= 15 is 0 Å². The minimum atomic E-state index is -1.20. The number of carboxylic acid groups (broad SMARTS) is 1. The summed E-state index contributed by atoms with van der Waals surface area (Å²) in [7, 11) is 0. The van der Waals surface area contributed by atoms with Gasteiger partial charge in [-0.15, -0.1) is 0 Å². The second kappa shape index (κ2) is 2.95. The van der Waals surface area contributed by atoms with Crippen LogP contribution in [-0.2, 0) is 4.74 Å². The SMILES string of the molecule is C=CC1(OC(=O)O)CCCC1. The molecule has 1 saturated carbocycles. The Bertz CT molecular complexity index is 168. The van der Waals surface area contributed by atoms with Gasteiger partial charge in [0.25, 0.3) is 0 Å². The molecular formula is C8H12O3. The first-order chi connectivity index (χ1) is 5.18. The molecule has 1 aliphatic rings. The van der Waals surface area contributed by atoms with Crippen LogP contribution in [0, 0.1) is 0 Å². The average Bonchev–Trinajstić information content (AvgIpc) is 2.36. The number of hydrogen-bond donors (Lipinski definition) is 1. The molecule has 11 heavy (non-hydrogen) atoms. The molecule has 62 valence electrons. The summed E-state index contributed by atoms with van der Waals surface area (Å²) in [5.41, 5.74) is -0.578. The van der Waals surface area contributed by atoms with Gasteiger partial charge in [0, 0.05) is 0 Å². The van der Waals surface area contributed by atoms with Crippen molar-refractivity contribution in [1.82, 2.24) is 0 Å². The zero-order chi connectivity index (χ0) is 8.32. The van der Waals surface area contributed by atoms with Gasteiger partial charge in [-0.2, -0.15) is 0 Å². The normalized spacial score (nSPS) is 21.1. The molecule has 3 nitrogen and oxygen atoms in total. The van der Waals surface area contributed by atoms with Crippen LogP contribution in [-0.4, -0.2) is 16.9 Å². The number of carbonyl (C=O) groups is 1. The molecule has 0 bridgehead atoms. The lowest BCUT2D eigenvalue weighted by Crippen LogP contribution is -2.28. The zero-order valence-corrected chi connectivity index (χ0v) is 6.38. The third-order valence-corrected chi connectivity index (χ3v) is 2.11. The van der Waals surface area contributed by atoms with Crippen LogP contribution in [0.25, 0.3) is 0 Å². The minimum Gasteiger partial charge on any atom is -0.450 e. The van der Waals surface area contributed by atoms with Gasteiger partial charge in [-0.1, -0.05) is 6.58 Å². The molecule has 0 aromatic rings. The van der Waals surface area contributed by atoms with E-state index in [1.807, 2.05) is 0 Å². The Morgan fingerprint density at radius 2 is 2.09 bits per heavy atom. The maximum Gasteiger partial charge on any atom is 0.506 e. The van der Waals surface area contributed by atoms with Crippen molar-refractivity contribution in [2.45, 2.75) is 31.3 Å². The number of rotatable bonds is 2. The quantitative estimate of drug-likeness (QED) is 0.492. The van der Waals surface area contributed by atoms with E-state index in [9.17, 15) is 4.79 Å². The Morgan fingerprint density at radius 1 is 1.55 bits per heavy atom. The van der Waals surface area contributed by atoms with Gasteiger partial charge < -0.3 is 9.84 Å². The second-order valence-electron chi connectivity index (χ2n) is 2.84. The highest BCUT2D eigenvalue weighted by Gasteiger charge is 2.34. The van der Waals surface area contributed by atoms with E-state index in [2.05, 4.69) is 6.58 Å². The van der Waals surface area contributed by atoms with Crippen LogP contribution in [0.1, 0.15) is 25.7 Å². The molecule has 1 N–H and O–H groups in total. The van der Waals surface area contributed by atoms with Crippen molar-refractivity contribution in [2.75, 3.05) is 0 Å². The average molecular weight is 156 g/mol. The van der Waals surface area contributed by atoms with Crippen molar-refractivity contribution < 1.29 is 14.6 Å². The van der Waals surface area contributed by atoms with Gasteiger partial charge in [0.1, 0.15) is 5.60 Å². The van der Waals surface area contributed by atoms with Crippen LogP contribution < -0.4 is 0 Å². The summed E-state index contributed by atoms with van der Waals surface area (Å²) in [6, 6.07) is 0. The zero-order valence-electron chi connectivity index (χ0n) is 6.38. The van der Waals surface area contributed by atoms with Gasteiger partial charge in [0.05, 0.1) is 0 Å². The minimum absolute atomic E-state index is 0.578. The first kappa shape index (κ1) is 8.11. The Morgan fingerprint density at radius 3 is 2.45 bits per heavy atom. The molecule has 0 aromatic heterocycles. The van der Waals surface area contributed by atoms with Gasteiger partial charge in [-0.3, -0.25) is 0 Å². The predicted molar refractivity (Wildman–Crippen MR) is 40.5 cm³/mol. The fourth-order valence-electron chi connectivity index (χ4n) is 1.50. The van der Waals surface area contributed by atoms with E-state index in [0.717, 1.165) is 25.7 Å². The Labute approximate surface area is 65.7 Å². The highest BCUT2D eigenvalue weighted by Crippen LogP contribution is 2.33. The molecule has 0 unspecified atom stereocenters. The molecule has 0 radical (unpaired) electrons. The lowest BCUT2D eigenvalue weighted by Gasteiger charge is -2.22. The monoisotopic (exact) mass is 156 g/mol. The molecule has 0 aromatic carbocycles. The highest BCUT2D eigenvalue weighted by molar-refractivity contribution is 5.58. The van der Waals surface area contributed by atoms with Gasteiger partial charge in [0.2, 0.25) is 0 Å². The topological polar surface area (TPSA) is 46.5 Å². The third kappa shape index (κ3) is 1.73. The molecule has 1 aliphatic carbocycles. The van der Waals surface area contributed by atoms with Crippen LogP contribution in [0.5, 0.6) is 0 Å². The van der Waals surface area contributed by atoms with Crippen molar-refractivity contribution in [2.24, 2.45) is 0 Å². The first-order valence-corrected chi connectivity index (χ1v) is 3.74. The predicted octanol–water partition coefficient (Wildman–Crippen LogP) is 2.18. The van der Waals surface area contributed by atoms with E-state index in [1.54, 1.807) is 6.08 Å². The van der Waals surface area contributed by atoms with Crippen LogP contribution >= 0.6 is 0 Å². The summed E-state index contributed by atoms with van der Waals surface area (Å²) in [5, 5.41) is 8.40. The molecule has 0 aliphatic heterocycles. The number of ether oxygens (including phenoxy) is 1. The summed E-state index contributed by atoms with van der Waals surface area (Å²) in [6.45, 7) is 3.58. The van der Waals surface area contributed by atoms with Crippen LogP contribution in [0.15, 0.2) is 12.7 Å². The fourth-order valence-corrected chi connectivity index (χ4v) is 1.50. The largest absolute Gasteiger partial charge is 0.506 e. The number of hydrogen-bond acceptors (Lipinski definition) is 2. The van der Waals surface area contributed by atoms with E-state index in [1.165, 1.54) is 0 Å². The molecular weight excluding hydrogens is 144 g/mol. The maximum absolute atomic E-state index is 10.2. The standard InChI is InChI=1S/C8H12O3/c1-2-8(11-7(9)10)5-3-4-6-8/h2H,1,3-6H2,(H,9,10). The second-order valence-corrected chi connectivity index (χ2v) is 2.84. The molecule has 0 atom stereocenters. The Hall–Kier alpha value is -0.990. The smallest absolute Gasteiger partial charge is 0.450 e. The van der Waals surface area contributed by atoms with Gasteiger partial charge in [-0.25, -0.2) is 4.79 Å². The summed E-state index contributed by atoms with van der Waals surface area (Å²) in [4.78, 5) is 10.2. The van der Waals surface area contributed by atoms with Crippen molar-refractivity contribution in [1.29, 1.82) is 0 Å². The molecule has 0 spiro atoms. The van der Waals surface area contributed by atoms with E-state index in [0.29, 0.717) is 0 Å². The van der Waals surface area contributed by atoms with Crippen LogP contribution in [0.3, 0.4) is 0 Å². The third-order valence-electron chi connectivity index (χ3n) is 2.11. The van der Waals surface area contributed by atoms with E-state index < -0.39 is 11.8 Å². The summed E-state index contributed by atoms with van der Waals surface area (Å²) in [6.07, 6.45) is 4.02. The van der Waals surface area contributed by atoms with Crippen LogP contribution in [0.2, 0.25) is 0 Å². The molecule has 3 heteroatoms. The maximum atomic E-state index is 10.2. The molecule has 0 heterocycles. The Balaban J connectivity index is 2.59. The first-order valence-electron chi connectivity index (χ1n) is 3.74. The van der Waals surface area contributed by atoms with Gasteiger partial charge in [0.15, 0.2) is 0 Å². The molecule has 0 saturated heterocycles. The van der Waals surface area contributed by atoms with Crippen LogP contribution in [0.4, 0.5) is 4.79 Å². The van der Waals surface area contributed by atoms with E-state index in [-0.39, 0.29) is 0 Å². The molecule has 1 fully saturated rings. The summed E-state index contributed by atoms with van der Waals surface area (Å²) < 4.78 is 4.75. The fraction of sp³-hybridized carbons (Fsp3) is 0.625. The molecule has 1 rings (SSSR count).